The average molecular weight is 445 g/mol. The summed E-state index contributed by atoms with van der Waals surface area (Å²) in [5, 5.41) is 1.37. The molecule has 0 spiro atoms. The van der Waals surface area contributed by atoms with Crippen LogP contribution in [0.1, 0.15) is 68.0 Å². The molecule has 0 saturated carbocycles. The van der Waals surface area contributed by atoms with Gasteiger partial charge in [0, 0.05) is 45.6 Å². The maximum Gasteiger partial charge on any atom is 0.0495 e. The van der Waals surface area contributed by atoms with Gasteiger partial charge in [0.05, 0.1) is 0 Å². The van der Waals surface area contributed by atoms with Crippen LogP contribution in [0.5, 0.6) is 0 Å². The number of pyridine rings is 1. The van der Waals surface area contributed by atoms with Crippen LogP contribution in [0.15, 0.2) is 30.3 Å². The van der Waals surface area contributed by atoms with Crippen LogP contribution in [-0.4, -0.2) is 58.0 Å². The number of nitrogens with zero attached hydrogens (tertiary/aromatic N) is 3. The van der Waals surface area contributed by atoms with E-state index in [2.05, 4.69) is 84.7 Å². The van der Waals surface area contributed by atoms with Crippen molar-refractivity contribution in [3.05, 3.63) is 52.8 Å². The average Bonchev–Trinajstić information content (AvgIpc) is 3.14. The SMILES string of the molecule is Cc1cc(-c2[nH]c3ccc(C4CCN(C5CCN(C(C)C)CC5)CC4)cc3c2C)cc(C)n1. The number of aromatic nitrogens is 2. The highest BCUT2D eigenvalue weighted by Crippen LogP contribution is 2.35. The molecule has 33 heavy (non-hydrogen) atoms. The number of piperidine rings is 2. The van der Waals surface area contributed by atoms with E-state index in [4.69, 9.17) is 0 Å². The lowest BCUT2D eigenvalue weighted by atomic mass is 9.87. The maximum atomic E-state index is 4.55. The minimum Gasteiger partial charge on any atom is -0.354 e. The van der Waals surface area contributed by atoms with Gasteiger partial charge in [-0.1, -0.05) is 6.07 Å². The first-order valence-corrected chi connectivity index (χ1v) is 12.9. The van der Waals surface area contributed by atoms with Gasteiger partial charge in [0.25, 0.3) is 0 Å². The summed E-state index contributed by atoms with van der Waals surface area (Å²) < 4.78 is 0. The molecule has 0 atom stereocenters. The van der Waals surface area contributed by atoms with Crippen LogP contribution in [0.4, 0.5) is 0 Å². The van der Waals surface area contributed by atoms with Crippen molar-refractivity contribution >= 4 is 10.9 Å². The first-order chi connectivity index (χ1) is 15.9. The van der Waals surface area contributed by atoms with Gasteiger partial charge in [-0.05, 0) is 128 Å². The number of fused-ring (bicyclic) bond motifs is 1. The van der Waals surface area contributed by atoms with Crippen LogP contribution in [0.25, 0.3) is 22.2 Å². The molecule has 2 fully saturated rings. The van der Waals surface area contributed by atoms with E-state index < -0.39 is 0 Å². The van der Waals surface area contributed by atoms with Crippen molar-refractivity contribution in [1.82, 2.24) is 19.8 Å². The molecule has 1 aromatic carbocycles. The molecule has 4 nitrogen and oxygen atoms in total. The van der Waals surface area contributed by atoms with Crippen molar-refractivity contribution < 1.29 is 0 Å². The Kier molecular flexibility index (Phi) is 6.32. The minimum atomic E-state index is 0.685. The number of aryl methyl sites for hydroxylation is 3. The van der Waals surface area contributed by atoms with E-state index in [-0.39, 0.29) is 0 Å². The van der Waals surface area contributed by atoms with Crippen LogP contribution < -0.4 is 0 Å². The Labute approximate surface area is 199 Å². The highest BCUT2D eigenvalue weighted by molar-refractivity contribution is 5.91. The van der Waals surface area contributed by atoms with Gasteiger partial charge in [0.15, 0.2) is 0 Å². The summed E-state index contributed by atoms with van der Waals surface area (Å²) in [6.07, 6.45) is 5.26. The topological polar surface area (TPSA) is 35.2 Å². The molecule has 2 aliphatic heterocycles. The van der Waals surface area contributed by atoms with Gasteiger partial charge in [-0.15, -0.1) is 0 Å². The zero-order valence-electron chi connectivity index (χ0n) is 21.1. The first-order valence-electron chi connectivity index (χ1n) is 12.9. The molecule has 176 valence electrons. The number of hydrogen-bond acceptors (Lipinski definition) is 3. The van der Waals surface area contributed by atoms with Crippen LogP contribution in [0, 0.1) is 20.8 Å². The number of likely N-dealkylation sites (tertiary alicyclic amines) is 2. The van der Waals surface area contributed by atoms with Gasteiger partial charge in [0.2, 0.25) is 0 Å². The number of hydrogen-bond donors (Lipinski definition) is 1. The summed E-state index contributed by atoms with van der Waals surface area (Å²) in [4.78, 5) is 13.7. The van der Waals surface area contributed by atoms with Crippen LogP contribution >= 0.6 is 0 Å². The lowest BCUT2D eigenvalue weighted by Gasteiger charge is -2.42. The summed E-state index contributed by atoms with van der Waals surface area (Å²) in [5.41, 5.74) is 8.74. The predicted molar refractivity (Wildman–Crippen MR) is 139 cm³/mol. The van der Waals surface area contributed by atoms with Gasteiger partial charge in [-0.3, -0.25) is 4.98 Å². The van der Waals surface area contributed by atoms with Gasteiger partial charge in [-0.25, -0.2) is 0 Å². The molecule has 2 saturated heterocycles. The molecule has 3 aromatic rings. The van der Waals surface area contributed by atoms with E-state index in [0.29, 0.717) is 12.0 Å². The van der Waals surface area contributed by atoms with Gasteiger partial charge >= 0.3 is 0 Å². The van der Waals surface area contributed by atoms with Crippen molar-refractivity contribution in [3.63, 3.8) is 0 Å². The molecule has 0 unspecified atom stereocenters. The fourth-order valence-corrected chi connectivity index (χ4v) is 6.23. The van der Waals surface area contributed by atoms with Crippen LogP contribution in [-0.2, 0) is 0 Å². The Bertz CT molecular complexity index is 1090. The largest absolute Gasteiger partial charge is 0.354 e. The van der Waals surface area contributed by atoms with Gasteiger partial charge in [0.1, 0.15) is 0 Å². The fourth-order valence-electron chi connectivity index (χ4n) is 6.23. The molecular weight excluding hydrogens is 404 g/mol. The van der Waals surface area contributed by atoms with E-state index in [9.17, 15) is 0 Å². The number of rotatable bonds is 4. The number of nitrogens with one attached hydrogen (secondary N) is 1. The van der Waals surface area contributed by atoms with Crippen molar-refractivity contribution in [2.75, 3.05) is 26.2 Å². The van der Waals surface area contributed by atoms with Crippen LogP contribution in [0.3, 0.4) is 0 Å². The van der Waals surface area contributed by atoms with Gasteiger partial charge in [-0.2, -0.15) is 0 Å². The summed E-state index contributed by atoms with van der Waals surface area (Å²) in [6, 6.07) is 13.0. The van der Waals surface area contributed by atoms with Gasteiger partial charge < -0.3 is 14.8 Å². The third-order valence-corrected chi connectivity index (χ3v) is 8.20. The Morgan fingerprint density at radius 1 is 0.879 bits per heavy atom. The van der Waals surface area contributed by atoms with Crippen molar-refractivity contribution in [2.45, 2.75) is 78.3 Å². The first kappa shape index (κ1) is 22.6. The lowest BCUT2D eigenvalue weighted by molar-refractivity contribution is 0.0753. The quantitative estimate of drug-likeness (QED) is 0.520. The summed E-state index contributed by atoms with van der Waals surface area (Å²) in [6.45, 7) is 16.1. The van der Waals surface area contributed by atoms with E-state index in [1.54, 1.807) is 0 Å². The standard InChI is InChI=1S/C29H40N4/c1-19(2)32-14-10-26(11-15-32)33-12-8-23(9-13-33)24-6-7-28-27(18-24)22(5)29(31-28)25-16-20(3)30-21(4)17-25/h6-7,16-19,23,26,31H,8-15H2,1-5H3. The lowest BCUT2D eigenvalue weighted by Crippen LogP contribution is -2.48. The molecule has 0 bridgehead atoms. The fraction of sp³-hybridized carbons (Fsp3) is 0.552. The summed E-state index contributed by atoms with van der Waals surface area (Å²) in [5.74, 6) is 0.685. The molecule has 4 heterocycles. The molecule has 0 aliphatic carbocycles. The van der Waals surface area contributed by atoms with E-state index >= 15 is 0 Å². The summed E-state index contributed by atoms with van der Waals surface area (Å²) >= 11 is 0. The monoisotopic (exact) mass is 444 g/mol. The molecule has 0 amide bonds. The zero-order valence-corrected chi connectivity index (χ0v) is 21.1. The van der Waals surface area contributed by atoms with E-state index in [1.165, 1.54) is 85.1 Å². The van der Waals surface area contributed by atoms with E-state index in [1.807, 2.05) is 0 Å². The highest BCUT2D eigenvalue weighted by atomic mass is 15.2. The molecule has 4 heteroatoms. The molecule has 5 rings (SSSR count). The molecular formula is C29H40N4. The normalized spacial score (nSPS) is 19.7. The second kappa shape index (κ2) is 9.23. The highest BCUT2D eigenvalue weighted by Gasteiger charge is 2.29. The van der Waals surface area contributed by atoms with Crippen LogP contribution in [0.2, 0.25) is 0 Å². The summed E-state index contributed by atoms with van der Waals surface area (Å²) in [7, 11) is 0. The second-order valence-corrected chi connectivity index (χ2v) is 10.7. The Morgan fingerprint density at radius 3 is 2.18 bits per heavy atom. The third-order valence-electron chi connectivity index (χ3n) is 8.20. The molecule has 2 aromatic heterocycles. The minimum absolute atomic E-state index is 0.685. The third kappa shape index (κ3) is 4.61. The molecule has 1 N–H and O–H groups in total. The zero-order chi connectivity index (χ0) is 23.1. The van der Waals surface area contributed by atoms with E-state index in [0.717, 1.165) is 17.4 Å². The van der Waals surface area contributed by atoms with Crippen molar-refractivity contribution in [1.29, 1.82) is 0 Å². The smallest absolute Gasteiger partial charge is 0.0495 e. The maximum absolute atomic E-state index is 4.55. The molecule has 2 aliphatic rings. The molecule has 0 radical (unpaired) electrons. The number of H-pyrrole nitrogens is 1. The Hall–Kier alpha value is -2.17. The van der Waals surface area contributed by atoms with Crippen molar-refractivity contribution in [2.24, 2.45) is 0 Å². The predicted octanol–water partition coefficient (Wildman–Crippen LogP) is 6.21. The Balaban J connectivity index is 1.29. The number of aromatic amines is 1. The van der Waals surface area contributed by atoms with Crippen molar-refractivity contribution in [3.8, 4) is 11.3 Å². The second-order valence-electron chi connectivity index (χ2n) is 10.7. The number of benzene rings is 1. The Morgan fingerprint density at radius 2 is 1.55 bits per heavy atom.